The Hall–Kier alpha value is -1.10. The Kier molecular flexibility index (Phi) is 10.8. The lowest BCUT2D eigenvalue weighted by Gasteiger charge is -2.09. The standard InChI is InChI=1S/C17H28O.C6H10O3/c1-3-5-6-7-8-9-10-13-16-15(4-2)12-11-14-17(16)18;1(5-3-8-5)7-2-6-4-9-6/h11-12,14,18H,3-10,13H2,1-2H3;5-6H,1-4H2. The number of aryl methyl sites for hydroxylation is 1. The highest BCUT2D eigenvalue weighted by molar-refractivity contribution is 5.39. The molecular weight excluding hydrogens is 340 g/mol. The van der Waals surface area contributed by atoms with Gasteiger partial charge in [-0.3, -0.25) is 0 Å². The second kappa shape index (κ2) is 13.1. The maximum atomic E-state index is 9.90. The molecule has 27 heavy (non-hydrogen) atoms. The molecule has 2 atom stereocenters. The zero-order valence-corrected chi connectivity index (χ0v) is 17.3. The van der Waals surface area contributed by atoms with E-state index in [-0.39, 0.29) is 0 Å². The van der Waals surface area contributed by atoms with Gasteiger partial charge in [-0.05, 0) is 36.5 Å². The van der Waals surface area contributed by atoms with Gasteiger partial charge in [0.1, 0.15) is 18.0 Å². The fourth-order valence-electron chi connectivity index (χ4n) is 3.16. The number of hydrogen-bond acceptors (Lipinski definition) is 4. The fraction of sp³-hybridized carbons (Fsp3) is 0.739. The number of unbranched alkanes of at least 4 members (excludes halogenated alkanes) is 6. The molecule has 0 amide bonds. The van der Waals surface area contributed by atoms with Crippen LogP contribution in [-0.4, -0.2) is 43.7 Å². The maximum absolute atomic E-state index is 9.90. The van der Waals surface area contributed by atoms with E-state index < -0.39 is 0 Å². The first-order valence-corrected chi connectivity index (χ1v) is 10.8. The molecule has 0 aliphatic carbocycles. The van der Waals surface area contributed by atoms with Crippen LogP contribution < -0.4 is 0 Å². The first-order valence-electron chi connectivity index (χ1n) is 10.8. The van der Waals surface area contributed by atoms with Gasteiger partial charge in [-0.2, -0.15) is 0 Å². The van der Waals surface area contributed by atoms with E-state index in [1.54, 1.807) is 0 Å². The van der Waals surface area contributed by atoms with Crippen molar-refractivity contribution in [3.05, 3.63) is 29.3 Å². The highest BCUT2D eigenvalue weighted by Gasteiger charge is 2.26. The molecule has 0 saturated carbocycles. The average Bonchev–Trinajstić information content (AvgIpc) is 3.58. The molecule has 0 bridgehead atoms. The van der Waals surface area contributed by atoms with Crippen molar-refractivity contribution in [1.82, 2.24) is 0 Å². The summed E-state index contributed by atoms with van der Waals surface area (Å²) in [6.07, 6.45) is 12.1. The van der Waals surface area contributed by atoms with Crippen molar-refractivity contribution in [2.75, 3.05) is 26.4 Å². The number of phenols is 1. The van der Waals surface area contributed by atoms with Gasteiger partial charge in [0.25, 0.3) is 0 Å². The highest BCUT2D eigenvalue weighted by Crippen LogP contribution is 2.24. The first-order chi connectivity index (χ1) is 13.2. The lowest BCUT2D eigenvalue weighted by atomic mass is 9.98. The summed E-state index contributed by atoms with van der Waals surface area (Å²) in [7, 11) is 0. The molecular formula is C23H38O4. The van der Waals surface area contributed by atoms with Crippen LogP contribution in [0.4, 0.5) is 0 Å². The van der Waals surface area contributed by atoms with Gasteiger partial charge in [-0.15, -0.1) is 0 Å². The summed E-state index contributed by atoms with van der Waals surface area (Å²) in [4.78, 5) is 0. The average molecular weight is 379 g/mol. The molecule has 154 valence electrons. The molecule has 1 N–H and O–H groups in total. The quantitative estimate of drug-likeness (QED) is 0.385. The van der Waals surface area contributed by atoms with Crippen molar-refractivity contribution in [2.45, 2.75) is 83.8 Å². The van der Waals surface area contributed by atoms with E-state index in [4.69, 9.17) is 14.2 Å². The van der Waals surface area contributed by atoms with Crippen LogP contribution in [0, 0.1) is 0 Å². The predicted octanol–water partition coefficient (Wildman–Crippen LogP) is 5.05. The summed E-state index contributed by atoms with van der Waals surface area (Å²) >= 11 is 0. The Morgan fingerprint density at radius 3 is 2.07 bits per heavy atom. The number of phenolic OH excluding ortho intramolecular Hbond substituents is 1. The third-order valence-electron chi connectivity index (χ3n) is 5.07. The van der Waals surface area contributed by atoms with Crippen molar-refractivity contribution in [2.24, 2.45) is 0 Å². The summed E-state index contributed by atoms with van der Waals surface area (Å²) in [5, 5.41) is 9.90. The van der Waals surface area contributed by atoms with Crippen LogP contribution in [0.3, 0.4) is 0 Å². The zero-order chi connectivity index (χ0) is 19.3. The summed E-state index contributed by atoms with van der Waals surface area (Å²) in [5.41, 5.74) is 2.48. The summed E-state index contributed by atoms with van der Waals surface area (Å²) < 4.78 is 15.1. The molecule has 2 saturated heterocycles. The van der Waals surface area contributed by atoms with Gasteiger partial charge >= 0.3 is 0 Å². The number of hydrogen-bond donors (Lipinski definition) is 1. The predicted molar refractivity (Wildman–Crippen MR) is 109 cm³/mol. The second-order valence-electron chi connectivity index (χ2n) is 7.59. The lowest BCUT2D eigenvalue weighted by molar-refractivity contribution is 0.102. The monoisotopic (exact) mass is 378 g/mol. The Morgan fingerprint density at radius 2 is 1.52 bits per heavy atom. The molecule has 3 rings (SSSR count). The van der Waals surface area contributed by atoms with Gasteiger partial charge in [0.15, 0.2) is 0 Å². The van der Waals surface area contributed by atoms with Crippen LogP contribution in [0.15, 0.2) is 18.2 Å². The largest absolute Gasteiger partial charge is 0.508 e. The van der Waals surface area contributed by atoms with E-state index in [1.807, 2.05) is 12.1 Å². The van der Waals surface area contributed by atoms with Crippen LogP contribution in [0.2, 0.25) is 0 Å². The van der Waals surface area contributed by atoms with E-state index in [0.29, 0.717) is 18.0 Å². The molecule has 1 aromatic carbocycles. The van der Waals surface area contributed by atoms with E-state index in [9.17, 15) is 5.11 Å². The van der Waals surface area contributed by atoms with Crippen molar-refractivity contribution in [1.29, 1.82) is 0 Å². The molecule has 0 radical (unpaired) electrons. The summed E-state index contributed by atoms with van der Waals surface area (Å²) in [5.74, 6) is 0.486. The normalized spacial score (nSPS) is 20.1. The van der Waals surface area contributed by atoms with Gasteiger partial charge in [-0.1, -0.05) is 64.5 Å². The highest BCUT2D eigenvalue weighted by atomic mass is 16.6. The number of benzene rings is 1. The molecule has 0 aromatic heterocycles. The topological polar surface area (TPSA) is 54.5 Å². The van der Waals surface area contributed by atoms with Gasteiger partial charge in [-0.25, -0.2) is 0 Å². The van der Waals surface area contributed by atoms with E-state index in [1.165, 1.54) is 56.1 Å². The summed E-state index contributed by atoms with van der Waals surface area (Å²) in [6.45, 7) is 7.67. The minimum Gasteiger partial charge on any atom is -0.508 e. The second-order valence-corrected chi connectivity index (χ2v) is 7.59. The molecule has 2 heterocycles. The maximum Gasteiger partial charge on any atom is 0.119 e. The van der Waals surface area contributed by atoms with Crippen LogP contribution in [0.1, 0.15) is 69.9 Å². The van der Waals surface area contributed by atoms with Crippen molar-refractivity contribution in [3.63, 3.8) is 0 Å². The molecule has 2 unspecified atom stereocenters. The van der Waals surface area contributed by atoms with Crippen molar-refractivity contribution < 1.29 is 19.3 Å². The SMILES string of the molecule is C(OCC1CO1)C1CO1.CCCCCCCCCc1c(O)cccc1CC. The number of rotatable bonds is 13. The Labute approximate surface area is 165 Å². The Balaban J connectivity index is 0.000000239. The third-order valence-corrected chi connectivity index (χ3v) is 5.07. The molecule has 2 aliphatic rings. The summed E-state index contributed by atoms with van der Waals surface area (Å²) in [6, 6.07) is 5.90. The van der Waals surface area contributed by atoms with Crippen LogP contribution in [-0.2, 0) is 27.1 Å². The van der Waals surface area contributed by atoms with Gasteiger partial charge in [0.2, 0.25) is 0 Å². The van der Waals surface area contributed by atoms with Gasteiger partial charge in [0.05, 0.1) is 26.4 Å². The number of epoxide rings is 2. The molecule has 0 spiro atoms. The molecule has 2 fully saturated rings. The number of aromatic hydroxyl groups is 1. The Bertz CT molecular complexity index is 497. The Morgan fingerprint density at radius 1 is 0.926 bits per heavy atom. The molecule has 4 nitrogen and oxygen atoms in total. The van der Waals surface area contributed by atoms with Crippen LogP contribution >= 0.6 is 0 Å². The first kappa shape index (κ1) is 22.2. The van der Waals surface area contributed by atoms with Crippen LogP contribution in [0.5, 0.6) is 5.75 Å². The van der Waals surface area contributed by atoms with E-state index in [0.717, 1.165) is 39.3 Å². The number of ether oxygens (including phenoxy) is 3. The van der Waals surface area contributed by atoms with E-state index in [2.05, 4.69) is 19.9 Å². The van der Waals surface area contributed by atoms with E-state index >= 15 is 0 Å². The van der Waals surface area contributed by atoms with Gasteiger partial charge in [0, 0.05) is 0 Å². The minimum atomic E-state index is 0.392. The minimum absolute atomic E-state index is 0.392. The smallest absolute Gasteiger partial charge is 0.119 e. The lowest BCUT2D eigenvalue weighted by Crippen LogP contribution is -2.06. The molecule has 4 heteroatoms. The molecule has 1 aromatic rings. The van der Waals surface area contributed by atoms with Crippen molar-refractivity contribution >= 4 is 0 Å². The van der Waals surface area contributed by atoms with Crippen LogP contribution in [0.25, 0.3) is 0 Å². The van der Waals surface area contributed by atoms with Gasteiger partial charge < -0.3 is 19.3 Å². The molecule has 2 aliphatic heterocycles. The van der Waals surface area contributed by atoms with Crippen molar-refractivity contribution in [3.8, 4) is 5.75 Å². The zero-order valence-electron chi connectivity index (χ0n) is 17.3. The fourth-order valence-corrected chi connectivity index (χ4v) is 3.16. The third kappa shape index (κ3) is 10.1.